The summed E-state index contributed by atoms with van der Waals surface area (Å²) in [4.78, 5) is 15.5. The summed E-state index contributed by atoms with van der Waals surface area (Å²) in [5, 5.41) is 6.91. The Morgan fingerprint density at radius 3 is 2.34 bits per heavy atom. The molecule has 5 heteroatoms. The lowest BCUT2D eigenvalue weighted by molar-refractivity contribution is -0.131. The van der Waals surface area contributed by atoms with Crippen molar-refractivity contribution >= 4 is 11.6 Å². The van der Waals surface area contributed by atoms with Crippen molar-refractivity contribution in [3.63, 3.8) is 0 Å². The Bertz CT molecular complexity index is 910. The summed E-state index contributed by atoms with van der Waals surface area (Å²) in [5.74, 6) is 2.16. The largest absolute Gasteiger partial charge is 0.355 e. The van der Waals surface area contributed by atoms with E-state index in [-0.39, 0.29) is 17.3 Å². The molecular formula is C24H26FN3O. The fraction of sp³-hybridized carbons (Fsp3) is 0.458. The molecule has 4 fully saturated rings. The Morgan fingerprint density at radius 1 is 1.03 bits per heavy atom. The van der Waals surface area contributed by atoms with Gasteiger partial charge in [-0.25, -0.2) is 4.39 Å². The minimum absolute atomic E-state index is 0.0123. The fourth-order valence-corrected chi connectivity index (χ4v) is 6.81. The van der Waals surface area contributed by atoms with Gasteiger partial charge in [-0.05, 0) is 98.3 Å². The second-order valence-corrected chi connectivity index (χ2v) is 9.61. The van der Waals surface area contributed by atoms with Gasteiger partial charge >= 0.3 is 0 Å². The number of amides is 1. The van der Waals surface area contributed by atoms with Gasteiger partial charge in [0.15, 0.2) is 6.17 Å². The topological polar surface area (TPSA) is 44.4 Å². The predicted molar refractivity (Wildman–Crippen MR) is 109 cm³/mol. The van der Waals surface area contributed by atoms with E-state index < -0.39 is 6.17 Å². The zero-order valence-electron chi connectivity index (χ0n) is 16.4. The highest BCUT2D eigenvalue weighted by atomic mass is 19.1. The maximum Gasteiger partial charge on any atom is 0.264 e. The molecule has 6 aliphatic rings. The summed E-state index contributed by atoms with van der Waals surface area (Å²) in [7, 11) is 0. The third-order valence-corrected chi connectivity index (χ3v) is 7.51. The quantitative estimate of drug-likeness (QED) is 0.822. The summed E-state index contributed by atoms with van der Waals surface area (Å²) in [6, 6.07) is 6.43. The first-order valence-electron chi connectivity index (χ1n) is 10.8. The minimum atomic E-state index is -0.473. The van der Waals surface area contributed by atoms with Gasteiger partial charge in [0.2, 0.25) is 0 Å². The zero-order chi connectivity index (χ0) is 19.6. The number of benzene rings is 1. The van der Waals surface area contributed by atoms with Crippen molar-refractivity contribution in [1.82, 2.24) is 15.5 Å². The van der Waals surface area contributed by atoms with Crippen LogP contribution < -0.4 is 10.6 Å². The minimum Gasteiger partial charge on any atom is -0.355 e. The first kappa shape index (κ1) is 17.3. The molecule has 4 bridgehead atoms. The van der Waals surface area contributed by atoms with Crippen LogP contribution in [-0.2, 0) is 4.79 Å². The van der Waals surface area contributed by atoms with Crippen molar-refractivity contribution < 1.29 is 9.18 Å². The highest BCUT2D eigenvalue weighted by Gasteiger charge is 2.52. The van der Waals surface area contributed by atoms with Crippen LogP contribution >= 0.6 is 0 Å². The molecular weight excluding hydrogens is 365 g/mol. The van der Waals surface area contributed by atoms with Gasteiger partial charge in [-0.3, -0.25) is 4.79 Å². The molecule has 4 saturated carbocycles. The zero-order valence-corrected chi connectivity index (χ0v) is 16.4. The van der Waals surface area contributed by atoms with Crippen molar-refractivity contribution in [1.29, 1.82) is 0 Å². The average Bonchev–Trinajstić information content (AvgIpc) is 3.07. The van der Waals surface area contributed by atoms with Crippen molar-refractivity contribution in [2.24, 2.45) is 17.8 Å². The number of hydrogen-bond donors (Lipinski definition) is 2. The maximum atomic E-state index is 13.5. The number of carbonyl (C=O) groups excluding carboxylic acids is 1. The molecule has 0 spiro atoms. The van der Waals surface area contributed by atoms with Crippen LogP contribution in [0.15, 0.2) is 54.4 Å². The van der Waals surface area contributed by atoms with Gasteiger partial charge in [0.25, 0.3) is 5.91 Å². The van der Waals surface area contributed by atoms with E-state index in [0.29, 0.717) is 0 Å². The fourth-order valence-electron chi connectivity index (χ4n) is 6.81. The Morgan fingerprint density at radius 2 is 1.69 bits per heavy atom. The van der Waals surface area contributed by atoms with Gasteiger partial charge in [0, 0.05) is 11.7 Å². The van der Waals surface area contributed by atoms with Gasteiger partial charge in [0.05, 0.1) is 11.4 Å². The molecule has 0 radical (unpaired) electrons. The van der Waals surface area contributed by atoms with E-state index in [2.05, 4.69) is 10.6 Å². The number of allylic oxidation sites excluding steroid dienone is 3. The third-order valence-electron chi connectivity index (χ3n) is 7.51. The van der Waals surface area contributed by atoms with E-state index in [4.69, 9.17) is 0 Å². The van der Waals surface area contributed by atoms with Crippen molar-refractivity contribution in [2.75, 3.05) is 0 Å². The molecule has 0 aromatic heterocycles. The van der Waals surface area contributed by atoms with Crippen LogP contribution in [0.4, 0.5) is 4.39 Å². The van der Waals surface area contributed by atoms with Crippen LogP contribution in [0.3, 0.4) is 0 Å². The lowest BCUT2D eigenvalue weighted by Crippen LogP contribution is -2.63. The Kier molecular flexibility index (Phi) is 3.71. The van der Waals surface area contributed by atoms with Crippen molar-refractivity contribution in [3.8, 4) is 0 Å². The summed E-state index contributed by atoms with van der Waals surface area (Å²) in [6.45, 7) is 0. The SMILES string of the molecule is O=C(NC12CC3CC(CC(C3)C1)C2)C1NC(c2ccc(F)cc2)=C2C=CC=CN21. The second-order valence-electron chi connectivity index (χ2n) is 9.61. The maximum absolute atomic E-state index is 13.5. The molecule has 2 heterocycles. The van der Waals surface area contributed by atoms with Crippen LogP contribution in [0, 0.1) is 23.6 Å². The van der Waals surface area contributed by atoms with Crippen LogP contribution in [0.2, 0.25) is 0 Å². The summed E-state index contributed by atoms with van der Waals surface area (Å²) in [6.07, 6.45) is 14.9. The number of nitrogens with zero attached hydrogens (tertiary/aromatic N) is 1. The molecule has 29 heavy (non-hydrogen) atoms. The number of hydrogen-bond acceptors (Lipinski definition) is 3. The third kappa shape index (κ3) is 2.82. The molecule has 1 unspecified atom stereocenters. The van der Waals surface area contributed by atoms with Gasteiger partial charge in [0.1, 0.15) is 5.82 Å². The summed E-state index contributed by atoms with van der Waals surface area (Å²) in [5.41, 5.74) is 2.69. The van der Waals surface area contributed by atoms with Gasteiger partial charge in [-0.2, -0.15) is 0 Å². The van der Waals surface area contributed by atoms with Crippen LogP contribution in [-0.4, -0.2) is 22.5 Å². The normalized spacial score (nSPS) is 36.4. The number of rotatable bonds is 3. The second kappa shape index (κ2) is 6.22. The van der Waals surface area contributed by atoms with Gasteiger partial charge in [-0.1, -0.05) is 6.08 Å². The molecule has 2 aliphatic heterocycles. The van der Waals surface area contributed by atoms with Gasteiger partial charge < -0.3 is 15.5 Å². The molecule has 0 saturated heterocycles. The lowest BCUT2D eigenvalue weighted by Gasteiger charge is -2.57. The van der Waals surface area contributed by atoms with E-state index in [1.807, 2.05) is 29.3 Å². The predicted octanol–water partition coefficient (Wildman–Crippen LogP) is 3.89. The molecule has 1 aromatic rings. The van der Waals surface area contributed by atoms with Crippen LogP contribution in [0.1, 0.15) is 44.1 Å². The van der Waals surface area contributed by atoms with E-state index in [1.54, 1.807) is 12.1 Å². The number of nitrogens with one attached hydrogen (secondary N) is 2. The number of fused-ring (bicyclic) bond motifs is 1. The molecule has 4 nitrogen and oxygen atoms in total. The monoisotopic (exact) mass is 391 g/mol. The van der Waals surface area contributed by atoms with Crippen molar-refractivity contribution in [2.45, 2.75) is 50.2 Å². The van der Waals surface area contributed by atoms with Gasteiger partial charge in [-0.15, -0.1) is 0 Å². The molecule has 4 aliphatic carbocycles. The molecule has 1 atom stereocenters. The lowest BCUT2D eigenvalue weighted by atomic mass is 9.53. The van der Waals surface area contributed by atoms with E-state index in [9.17, 15) is 9.18 Å². The molecule has 1 amide bonds. The van der Waals surface area contributed by atoms with Crippen LogP contribution in [0.5, 0.6) is 0 Å². The first-order chi connectivity index (χ1) is 14.1. The summed E-state index contributed by atoms with van der Waals surface area (Å²) < 4.78 is 13.4. The molecule has 2 N–H and O–H groups in total. The highest BCUT2D eigenvalue weighted by Crippen LogP contribution is 2.55. The smallest absolute Gasteiger partial charge is 0.264 e. The van der Waals surface area contributed by atoms with Crippen molar-refractivity contribution in [3.05, 3.63) is 65.8 Å². The Hall–Kier alpha value is -2.56. The Labute approximate surface area is 170 Å². The van der Waals surface area contributed by atoms with E-state index in [1.165, 1.54) is 31.4 Å². The highest BCUT2D eigenvalue weighted by molar-refractivity contribution is 5.88. The number of carbonyl (C=O) groups is 1. The van der Waals surface area contributed by atoms with Crippen LogP contribution in [0.25, 0.3) is 5.70 Å². The Balaban J connectivity index is 1.26. The molecule has 150 valence electrons. The average molecular weight is 391 g/mol. The standard InChI is InChI=1S/C24H26FN3O/c25-19-6-4-18(5-7-19)21-20-3-1-2-8-28(20)22(26-21)23(29)27-24-12-15-9-16(13-24)11-17(10-15)14-24/h1-8,15-17,22,26H,9-14H2,(H,27,29). The molecule has 7 rings (SSSR count). The first-order valence-corrected chi connectivity index (χ1v) is 10.8. The molecule has 1 aromatic carbocycles. The van der Waals surface area contributed by atoms with E-state index in [0.717, 1.165) is 54.0 Å². The summed E-state index contributed by atoms with van der Waals surface area (Å²) >= 11 is 0. The number of halogens is 1. The van der Waals surface area contributed by atoms with E-state index >= 15 is 0 Å².